The monoisotopic (exact) mass is 486 g/mol. The van der Waals surface area contributed by atoms with Crippen LogP contribution in [0.2, 0.25) is 0 Å². The molecule has 2 aromatic rings. The van der Waals surface area contributed by atoms with E-state index in [9.17, 15) is 14.4 Å². The van der Waals surface area contributed by atoms with E-state index < -0.39 is 0 Å². The van der Waals surface area contributed by atoms with Gasteiger partial charge in [0.05, 0.1) is 17.3 Å². The fourth-order valence-electron chi connectivity index (χ4n) is 3.53. The van der Waals surface area contributed by atoms with Crippen LogP contribution in [0.3, 0.4) is 0 Å². The summed E-state index contributed by atoms with van der Waals surface area (Å²) in [6.07, 6.45) is 11.7. The molecule has 2 rings (SSSR count). The van der Waals surface area contributed by atoms with Gasteiger partial charge in [0.2, 0.25) is 0 Å². The molecule has 1 aromatic heterocycles. The Balaban J connectivity index is 0.00000205. The van der Waals surface area contributed by atoms with Crippen molar-refractivity contribution < 1.29 is 9.18 Å². The van der Waals surface area contributed by atoms with E-state index in [-0.39, 0.29) is 5.83 Å². The smallest absolute Gasteiger partial charge is 0.123 e. The lowest BCUT2D eigenvalue weighted by Gasteiger charge is -2.14. The number of unbranched alkanes of at least 4 members (excludes halogenated alkanes) is 1. The third-order valence-electron chi connectivity index (χ3n) is 5.25. The number of nitriles is 1. The van der Waals surface area contributed by atoms with Gasteiger partial charge in [-0.3, -0.25) is 4.98 Å². The SMILES string of the molecule is C=C(/C=C(F)\C=C/CC)CCCc1nc(-c2ccccc2C#N)ccc1C(=C)CCCC=O.CCC. The largest absolute Gasteiger partial charge is 0.303 e. The average Bonchev–Trinajstić information content (AvgIpc) is 2.88. The molecule has 0 N–H and O–H groups in total. The summed E-state index contributed by atoms with van der Waals surface area (Å²) in [7, 11) is 0. The summed E-state index contributed by atoms with van der Waals surface area (Å²) in [5, 5.41) is 9.47. The maximum absolute atomic E-state index is 13.9. The summed E-state index contributed by atoms with van der Waals surface area (Å²) < 4.78 is 13.9. The van der Waals surface area contributed by atoms with Crippen molar-refractivity contribution >= 4 is 11.9 Å². The molecule has 0 spiro atoms. The molecule has 1 aromatic carbocycles. The summed E-state index contributed by atoms with van der Waals surface area (Å²) >= 11 is 0. The van der Waals surface area contributed by atoms with Crippen molar-refractivity contribution in [3.05, 3.63) is 96.0 Å². The van der Waals surface area contributed by atoms with Crippen molar-refractivity contribution in [3.8, 4) is 17.3 Å². The van der Waals surface area contributed by atoms with Gasteiger partial charge in [-0.2, -0.15) is 5.26 Å². The molecule has 0 radical (unpaired) electrons. The number of carbonyl (C=O) groups excluding carboxylic acids is 1. The molecule has 0 atom stereocenters. The highest BCUT2D eigenvalue weighted by atomic mass is 19.1. The molecule has 0 fully saturated rings. The Labute approximate surface area is 216 Å². The zero-order chi connectivity index (χ0) is 26.8. The molecule has 0 aliphatic rings. The molecule has 190 valence electrons. The lowest BCUT2D eigenvalue weighted by molar-refractivity contribution is -0.107. The van der Waals surface area contributed by atoms with Crippen LogP contribution in [0.1, 0.15) is 82.5 Å². The quantitative estimate of drug-likeness (QED) is 0.161. The standard InChI is InChI=1S/C29H31FN2O.C3H8/c1-4-5-14-25(30)20-22(2)11-10-16-28-26(23(3)12-8-9-19-33)17-18-29(32-28)27-15-7-6-13-24(27)21-31;1-3-2/h5-7,13-15,17-20H,2-4,8-12,16H2,1H3;3H2,1-2H3/b14-5-,25-20+;. The fourth-order valence-corrected chi connectivity index (χ4v) is 3.53. The van der Waals surface area contributed by atoms with E-state index in [1.165, 1.54) is 18.6 Å². The molecule has 0 unspecified atom stereocenters. The van der Waals surface area contributed by atoms with Crippen LogP contribution in [0.15, 0.2) is 79.2 Å². The molecule has 0 saturated carbocycles. The Morgan fingerprint density at radius 3 is 2.47 bits per heavy atom. The van der Waals surface area contributed by atoms with Crippen molar-refractivity contribution in [2.45, 2.75) is 72.1 Å². The Hall–Kier alpha value is -3.58. The number of hydrogen-bond donors (Lipinski definition) is 0. The van der Waals surface area contributed by atoms with Crippen LogP contribution in [-0.4, -0.2) is 11.3 Å². The number of halogens is 1. The number of carbonyl (C=O) groups is 1. The van der Waals surface area contributed by atoms with Crippen molar-refractivity contribution in [2.75, 3.05) is 0 Å². The molecule has 1 heterocycles. The van der Waals surface area contributed by atoms with Crippen LogP contribution in [0.4, 0.5) is 4.39 Å². The van der Waals surface area contributed by atoms with Gasteiger partial charge in [0.25, 0.3) is 0 Å². The van der Waals surface area contributed by atoms with Gasteiger partial charge in [-0.25, -0.2) is 4.39 Å². The van der Waals surface area contributed by atoms with Crippen molar-refractivity contribution in [1.29, 1.82) is 5.26 Å². The number of aldehydes is 1. The minimum Gasteiger partial charge on any atom is -0.303 e. The van der Waals surface area contributed by atoms with E-state index in [1.54, 1.807) is 12.1 Å². The Kier molecular flexibility index (Phi) is 15.1. The van der Waals surface area contributed by atoms with Crippen molar-refractivity contribution in [1.82, 2.24) is 4.98 Å². The van der Waals surface area contributed by atoms with Gasteiger partial charge < -0.3 is 4.79 Å². The minimum atomic E-state index is -0.292. The minimum absolute atomic E-state index is 0.292. The normalized spacial score (nSPS) is 10.9. The van der Waals surface area contributed by atoms with Gasteiger partial charge >= 0.3 is 0 Å². The van der Waals surface area contributed by atoms with Gasteiger partial charge in [-0.05, 0) is 73.9 Å². The van der Waals surface area contributed by atoms with Crippen LogP contribution in [0, 0.1) is 11.3 Å². The second kappa shape index (κ2) is 17.8. The lowest BCUT2D eigenvalue weighted by Crippen LogP contribution is -2.01. The van der Waals surface area contributed by atoms with Crippen LogP contribution >= 0.6 is 0 Å². The third-order valence-corrected chi connectivity index (χ3v) is 5.25. The van der Waals surface area contributed by atoms with Gasteiger partial charge in [0, 0.05) is 17.7 Å². The van der Waals surface area contributed by atoms with Gasteiger partial charge in [0.15, 0.2) is 0 Å². The van der Waals surface area contributed by atoms with Gasteiger partial charge in [-0.15, -0.1) is 0 Å². The first-order valence-electron chi connectivity index (χ1n) is 12.7. The van der Waals surface area contributed by atoms with E-state index in [2.05, 4.69) is 33.1 Å². The maximum Gasteiger partial charge on any atom is 0.123 e. The molecular weight excluding hydrogens is 447 g/mol. The number of rotatable bonds is 13. The number of benzene rings is 1. The number of aryl methyl sites for hydroxylation is 1. The molecule has 0 aliphatic heterocycles. The highest BCUT2D eigenvalue weighted by Crippen LogP contribution is 2.28. The predicted octanol–water partition coefficient (Wildman–Crippen LogP) is 9.12. The van der Waals surface area contributed by atoms with Gasteiger partial charge in [0.1, 0.15) is 12.1 Å². The Morgan fingerprint density at radius 2 is 1.81 bits per heavy atom. The van der Waals surface area contributed by atoms with E-state index in [4.69, 9.17) is 4.98 Å². The highest BCUT2D eigenvalue weighted by Gasteiger charge is 2.12. The topological polar surface area (TPSA) is 53.8 Å². The summed E-state index contributed by atoms with van der Waals surface area (Å²) in [6, 6.07) is 13.5. The average molecular weight is 487 g/mol. The first-order chi connectivity index (χ1) is 17.4. The molecule has 0 bridgehead atoms. The summed E-state index contributed by atoms with van der Waals surface area (Å²) in [5.41, 5.74) is 5.62. The van der Waals surface area contributed by atoms with Gasteiger partial charge in [-0.1, -0.05) is 76.3 Å². The second-order valence-corrected chi connectivity index (χ2v) is 8.57. The first-order valence-corrected chi connectivity index (χ1v) is 12.7. The molecule has 0 aliphatic carbocycles. The Bertz CT molecular complexity index is 1110. The number of allylic oxidation sites excluding steroid dienone is 6. The van der Waals surface area contributed by atoms with Crippen molar-refractivity contribution in [3.63, 3.8) is 0 Å². The van der Waals surface area contributed by atoms with Crippen LogP contribution in [-0.2, 0) is 11.2 Å². The zero-order valence-electron chi connectivity index (χ0n) is 22.0. The number of nitrogens with zero attached hydrogens (tertiary/aromatic N) is 2. The Morgan fingerprint density at radius 1 is 1.08 bits per heavy atom. The maximum atomic E-state index is 13.9. The highest BCUT2D eigenvalue weighted by molar-refractivity contribution is 5.71. The van der Waals surface area contributed by atoms with Crippen LogP contribution < -0.4 is 0 Å². The van der Waals surface area contributed by atoms with Crippen LogP contribution in [0.5, 0.6) is 0 Å². The molecule has 0 amide bonds. The van der Waals surface area contributed by atoms with E-state index in [0.717, 1.165) is 59.2 Å². The first kappa shape index (κ1) is 30.5. The molecule has 3 nitrogen and oxygen atoms in total. The lowest BCUT2D eigenvalue weighted by atomic mass is 9.95. The number of pyridine rings is 1. The van der Waals surface area contributed by atoms with E-state index in [1.807, 2.05) is 37.3 Å². The third kappa shape index (κ3) is 10.8. The van der Waals surface area contributed by atoms with E-state index in [0.29, 0.717) is 31.2 Å². The molecule has 0 saturated heterocycles. The number of hydrogen-bond acceptors (Lipinski definition) is 3. The molecule has 36 heavy (non-hydrogen) atoms. The summed E-state index contributed by atoms with van der Waals surface area (Å²) in [4.78, 5) is 15.6. The fraction of sp³-hybridized carbons (Fsp3) is 0.344. The molecular formula is C32H39FN2O. The summed E-state index contributed by atoms with van der Waals surface area (Å²) in [5.74, 6) is -0.292. The second-order valence-electron chi connectivity index (χ2n) is 8.57. The van der Waals surface area contributed by atoms with Crippen LogP contribution in [0.25, 0.3) is 16.8 Å². The molecule has 4 heteroatoms. The van der Waals surface area contributed by atoms with E-state index >= 15 is 0 Å². The predicted molar refractivity (Wildman–Crippen MR) is 150 cm³/mol. The van der Waals surface area contributed by atoms with Crippen molar-refractivity contribution in [2.24, 2.45) is 0 Å². The summed E-state index contributed by atoms with van der Waals surface area (Å²) in [6.45, 7) is 14.4. The number of aromatic nitrogens is 1. The zero-order valence-corrected chi connectivity index (χ0v) is 22.0.